The number of rotatable bonds is 3. The molecule has 0 saturated carbocycles. The fourth-order valence-corrected chi connectivity index (χ4v) is 2.56. The Morgan fingerprint density at radius 1 is 0.913 bits per heavy atom. The molecule has 0 aliphatic carbocycles. The minimum Gasteiger partial charge on any atom is -0.340 e. The molecule has 0 amide bonds. The lowest BCUT2D eigenvalue weighted by molar-refractivity contribution is 0.770. The predicted octanol–water partition coefficient (Wildman–Crippen LogP) is 4.64. The first-order chi connectivity index (χ1) is 10.9. The fourth-order valence-electron chi connectivity index (χ4n) is 2.26. The first-order valence-electron chi connectivity index (χ1n) is 7.04. The van der Waals surface area contributed by atoms with Crippen molar-refractivity contribution < 1.29 is 0 Å². The van der Waals surface area contributed by atoms with Crippen molar-refractivity contribution in [2.45, 2.75) is 20.8 Å². The zero-order valence-corrected chi connectivity index (χ0v) is 14.4. The molecule has 1 N–H and O–H groups in total. The van der Waals surface area contributed by atoms with Crippen LogP contribution in [0.1, 0.15) is 17.1 Å². The monoisotopic (exact) mass is 347 g/mol. The van der Waals surface area contributed by atoms with Crippen LogP contribution in [0.3, 0.4) is 0 Å². The summed E-state index contributed by atoms with van der Waals surface area (Å²) in [6.45, 7) is 5.82. The molecule has 0 spiro atoms. The Balaban J connectivity index is 1.97. The normalized spacial score (nSPS) is 10.8. The van der Waals surface area contributed by atoms with Crippen molar-refractivity contribution in [1.82, 2.24) is 19.7 Å². The molecule has 0 bridgehead atoms. The van der Waals surface area contributed by atoms with E-state index in [-0.39, 0.29) is 0 Å². The molecule has 2 heterocycles. The van der Waals surface area contributed by atoms with E-state index < -0.39 is 0 Å². The summed E-state index contributed by atoms with van der Waals surface area (Å²) in [6, 6.07) is 9.18. The third-order valence-electron chi connectivity index (χ3n) is 3.23. The van der Waals surface area contributed by atoms with Crippen LogP contribution >= 0.6 is 23.2 Å². The van der Waals surface area contributed by atoms with Crippen LogP contribution in [0.25, 0.3) is 5.95 Å². The zero-order valence-electron chi connectivity index (χ0n) is 12.9. The summed E-state index contributed by atoms with van der Waals surface area (Å²) in [5.74, 6) is 1.19. The highest BCUT2D eigenvalue weighted by Crippen LogP contribution is 2.26. The summed E-state index contributed by atoms with van der Waals surface area (Å²) in [6.07, 6.45) is 0. The van der Waals surface area contributed by atoms with Crippen molar-refractivity contribution in [3.8, 4) is 5.95 Å². The van der Waals surface area contributed by atoms with Crippen molar-refractivity contribution in [3.63, 3.8) is 0 Å². The van der Waals surface area contributed by atoms with Gasteiger partial charge in [-0.05, 0) is 45.0 Å². The summed E-state index contributed by atoms with van der Waals surface area (Å²) in [5.41, 5.74) is 3.54. The Kier molecular flexibility index (Phi) is 4.24. The van der Waals surface area contributed by atoms with Crippen LogP contribution in [-0.4, -0.2) is 19.7 Å². The zero-order chi connectivity index (χ0) is 16.6. The Bertz CT molecular complexity index is 873. The van der Waals surface area contributed by atoms with E-state index in [9.17, 15) is 0 Å². The Morgan fingerprint density at radius 3 is 2.35 bits per heavy atom. The molecule has 0 saturated heterocycles. The van der Waals surface area contributed by atoms with Gasteiger partial charge in [-0.1, -0.05) is 23.2 Å². The number of benzene rings is 1. The highest BCUT2D eigenvalue weighted by molar-refractivity contribution is 6.42. The van der Waals surface area contributed by atoms with Gasteiger partial charge in [0, 0.05) is 23.1 Å². The molecule has 0 atom stereocenters. The second-order valence-electron chi connectivity index (χ2n) is 5.29. The van der Waals surface area contributed by atoms with Gasteiger partial charge < -0.3 is 5.32 Å². The molecule has 0 aliphatic rings. The van der Waals surface area contributed by atoms with Crippen LogP contribution in [0.4, 0.5) is 11.5 Å². The topological polar surface area (TPSA) is 55.6 Å². The van der Waals surface area contributed by atoms with E-state index in [2.05, 4.69) is 20.4 Å². The first-order valence-corrected chi connectivity index (χ1v) is 7.79. The predicted molar refractivity (Wildman–Crippen MR) is 93.1 cm³/mol. The van der Waals surface area contributed by atoms with Gasteiger partial charge in [0.05, 0.1) is 15.7 Å². The molecule has 2 aromatic heterocycles. The van der Waals surface area contributed by atoms with Gasteiger partial charge in [-0.2, -0.15) is 10.1 Å². The van der Waals surface area contributed by atoms with E-state index in [1.165, 1.54) is 0 Å². The largest absolute Gasteiger partial charge is 0.340 e. The third kappa shape index (κ3) is 3.46. The minimum atomic E-state index is 0.487. The van der Waals surface area contributed by atoms with Gasteiger partial charge >= 0.3 is 0 Å². The molecular weight excluding hydrogens is 333 g/mol. The van der Waals surface area contributed by atoms with Gasteiger partial charge in [0.2, 0.25) is 0 Å². The van der Waals surface area contributed by atoms with Crippen molar-refractivity contribution in [3.05, 3.63) is 57.5 Å². The molecule has 3 rings (SSSR count). The highest BCUT2D eigenvalue weighted by Gasteiger charge is 2.09. The third-order valence-corrected chi connectivity index (χ3v) is 3.97. The molecule has 3 aromatic rings. The number of hydrogen-bond acceptors (Lipinski definition) is 4. The number of nitrogens with one attached hydrogen (secondary N) is 1. The van der Waals surface area contributed by atoms with Crippen LogP contribution in [-0.2, 0) is 0 Å². The second kappa shape index (κ2) is 6.18. The van der Waals surface area contributed by atoms with Gasteiger partial charge in [0.25, 0.3) is 5.95 Å². The lowest BCUT2D eigenvalue weighted by atomic mass is 10.3. The Labute approximate surface area is 144 Å². The number of anilines is 2. The average molecular weight is 348 g/mol. The molecule has 0 unspecified atom stereocenters. The summed E-state index contributed by atoms with van der Waals surface area (Å²) >= 11 is 12.0. The number of halogens is 2. The Hall–Kier alpha value is -2.11. The standard InChI is InChI=1S/C16H15Cl2N5/c1-9-7-15(20-12-4-5-13(17)14(18)8-12)21-16(19-9)23-11(3)6-10(2)22-23/h4-8H,1-3H3,(H,19,20,21). The molecule has 23 heavy (non-hydrogen) atoms. The van der Waals surface area contributed by atoms with E-state index in [1.54, 1.807) is 16.8 Å². The number of hydrogen-bond donors (Lipinski definition) is 1. The minimum absolute atomic E-state index is 0.487. The van der Waals surface area contributed by atoms with Gasteiger partial charge in [-0.25, -0.2) is 9.67 Å². The summed E-state index contributed by atoms with van der Waals surface area (Å²) in [4.78, 5) is 8.98. The van der Waals surface area contributed by atoms with Crippen LogP contribution in [0, 0.1) is 20.8 Å². The average Bonchev–Trinajstić information content (AvgIpc) is 2.81. The smallest absolute Gasteiger partial charge is 0.252 e. The van der Waals surface area contributed by atoms with Gasteiger partial charge in [0.1, 0.15) is 5.82 Å². The molecule has 1 aromatic carbocycles. The van der Waals surface area contributed by atoms with E-state index >= 15 is 0 Å². The van der Waals surface area contributed by atoms with Crippen molar-refractivity contribution >= 4 is 34.7 Å². The Morgan fingerprint density at radius 2 is 1.70 bits per heavy atom. The van der Waals surface area contributed by atoms with Crippen LogP contribution in [0.5, 0.6) is 0 Å². The van der Waals surface area contributed by atoms with Crippen LogP contribution in [0.15, 0.2) is 30.3 Å². The number of aromatic nitrogens is 4. The van der Waals surface area contributed by atoms with E-state index in [0.717, 1.165) is 22.8 Å². The molecule has 7 heteroatoms. The van der Waals surface area contributed by atoms with Crippen molar-refractivity contribution in [2.24, 2.45) is 0 Å². The first kappa shape index (κ1) is 15.8. The summed E-state index contributed by atoms with van der Waals surface area (Å²) in [5, 5.41) is 8.64. The van der Waals surface area contributed by atoms with Gasteiger partial charge in [-0.3, -0.25) is 0 Å². The maximum atomic E-state index is 6.04. The molecular formula is C16H15Cl2N5. The lowest BCUT2D eigenvalue weighted by Gasteiger charge is -2.10. The molecule has 118 valence electrons. The highest BCUT2D eigenvalue weighted by atomic mass is 35.5. The molecule has 0 radical (unpaired) electrons. The quantitative estimate of drug-likeness (QED) is 0.749. The fraction of sp³-hybridized carbons (Fsp3) is 0.188. The van der Waals surface area contributed by atoms with Gasteiger partial charge in [-0.15, -0.1) is 0 Å². The maximum absolute atomic E-state index is 6.04. The lowest BCUT2D eigenvalue weighted by Crippen LogP contribution is -2.08. The molecule has 0 fully saturated rings. The number of aryl methyl sites for hydroxylation is 3. The van der Waals surface area contributed by atoms with Crippen LogP contribution < -0.4 is 5.32 Å². The van der Waals surface area contributed by atoms with Crippen LogP contribution in [0.2, 0.25) is 10.0 Å². The van der Waals surface area contributed by atoms with E-state index in [4.69, 9.17) is 23.2 Å². The van der Waals surface area contributed by atoms with Crippen molar-refractivity contribution in [1.29, 1.82) is 0 Å². The maximum Gasteiger partial charge on any atom is 0.252 e. The second-order valence-corrected chi connectivity index (χ2v) is 6.10. The number of nitrogens with zero attached hydrogens (tertiary/aromatic N) is 4. The van der Waals surface area contributed by atoms with E-state index in [0.29, 0.717) is 21.8 Å². The van der Waals surface area contributed by atoms with Crippen molar-refractivity contribution in [2.75, 3.05) is 5.32 Å². The molecule has 5 nitrogen and oxygen atoms in total. The summed E-state index contributed by atoms with van der Waals surface area (Å²) in [7, 11) is 0. The van der Waals surface area contributed by atoms with E-state index in [1.807, 2.05) is 39.0 Å². The summed E-state index contributed by atoms with van der Waals surface area (Å²) < 4.78 is 1.72. The SMILES string of the molecule is Cc1cc(Nc2ccc(Cl)c(Cl)c2)nc(-n2nc(C)cc2C)n1. The van der Waals surface area contributed by atoms with Gasteiger partial charge in [0.15, 0.2) is 0 Å². The molecule has 0 aliphatic heterocycles.